The average molecular weight is 461 g/mol. The summed E-state index contributed by atoms with van der Waals surface area (Å²) in [6.45, 7) is 0. The van der Waals surface area contributed by atoms with E-state index in [1.165, 1.54) is 55.6 Å². The van der Waals surface area contributed by atoms with Gasteiger partial charge in [-0.2, -0.15) is 0 Å². The summed E-state index contributed by atoms with van der Waals surface area (Å²) in [5, 5.41) is 2.47. The smallest absolute Gasteiger partial charge is 0.0541 e. The van der Waals surface area contributed by atoms with Gasteiger partial charge in [0.25, 0.3) is 0 Å². The van der Waals surface area contributed by atoms with Crippen molar-refractivity contribution in [1.29, 1.82) is 0 Å². The van der Waals surface area contributed by atoms with Crippen molar-refractivity contribution in [3.8, 4) is 33.8 Å². The molecule has 0 unspecified atom stereocenters. The molecule has 0 aliphatic heterocycles. The van der Waals surface area contributed by atoms with Crippen LogP contribution in [-0.4, -0.2) is 9.13 Å². The van der Waals surface area contributed by atoms with Gasteiger partial charge in [0.2, 0.25) is 0 Å². The Balaban J connectivity index is 1.39. The van der Waals surface area contributed by atoms with Gasteiger partial charge in [0, 0.05) is 28.3 Å². The molecular formula is C34H24N2. The summed E-state index contributed by atoms with van der Waals surface area (Å²) in [4.78, 5) is 0. The molecule has 2 heteroatoms. The van der Waals surface area contributed by atoms with Crippen molar-refractivity contribution in [2.24, 2.45) is 0 Å². The second-order valence-electron chi connectivity index (χ2n) is 9.14. The first-order chi connectivity index (χ1) is 17.8. The van der Waals surface area contributed by atoms with Crippen LogP contribution in [0.5, 0.6) is 0 Å². The second-order valence-corrected chi connectivity index (χ2v) is 9.14. The predicted molar refractivity (Wildman–Crippen MR) is 151 cm³/mol. The number of hydrogen-bond donors (Lipinski definition) is 0. The standard InChI is InChI=1S/C34H24N2/c1-4-10-25(11-5-1)33-24-28-17-16-27(23-34(28)36(33)31-14-8-3-9-15-31)26-18-19-32-29(22-26)20-21-35(32)30-12-6-2-7-13-30/h1-24H. The highest BCUT2D eigenvalue weighted by Crippen LogP contribution is 2.35. The monoisotopic (exact) mass is 460 g/mol. The molecule has 170 valence electrons. The number of benzene rings is 5. The number of fused-ring (bicyclic) bond motifs is 2. The minimum atomic E-state index is 1.17. The van der Waals surface area contributed by atoms with E-state index < -0.39 is 0 Å². The number of rotatable bonds is 4. The first kappa shape index (κ1) is 20.5. The summed E-state index contributed by atoms with van der Waals surface area (Å²) >= 11 is 0. The van der Waals surface area contributed by atoms with Crippen LogP contribution >= 0.6 is 0 Å². The van der Waals surface area contributed by atoms with Crippen LogP contribution < -0.4 is 0 Å². The molecule has 0 saturated carbocycles. The van der Waals surface area contributed by atoms with Crippen molar-refractivity contribution in [3.63, 3.8) is 0 Å². The lowest BCUT2D eigenvalue weighted by molar-refractivity contribution is 1.13. The van der Waals surface area contributed by atoms with E-state index in [1.54, 1.807) is 0 Å². The van der Waals surface area contributed by atoms with Crippen LogP contribution in [0.4, 0.5) is 0 Å². The molecule has 2 nitrogen and oxygen atoms in total. The molecule has 5 aromatic carbocycles. The second kappa shape index (κ2) is 8.44. The molecule has 0 radical (unpaired) electrons. The van der Waals surface area contributed by atoms with Crippen LogP contribution in [0, 0.1) is 0 Å². The van der Waals surface area contributed by atoms with Crippen LogP contribution in [0.2, 0.25) is 0 Å². The van der Waals surface area contributed by atoms with Gasteiger partial charge >= 0.3 is 0 Å². The van der Waals surface area contributed by atoms with Gasteiger partial charge < -0.3 is 9.13 Å². The summed E-state index contributed by atoms with van der Waals surface area (Å²) in [5.41, 5.74) is 9.61. The Morgan fingerprint density at radius 1 is 0.389 bits per heavy atom. The summed E-state index contributed by atoms with van der Waals surface area (Å²) < 4.78 is 4.62. The van der Waals surface area contributed by atoms with Crippen LogP contribution in [0.25, 0.3) is 55.6 Å². The van der Waals surface area contributed by atoms with E-state index in [-0.39, 0.29) is 0 Å². The Hall–Kier alpha value is -4.82. The Labute approximate surface area is 210 Å². The lowest BCUT2D eigenvalue weighted by Crippen LogP contribution is -1.96. The quantitative estimate of drug-likeness (QED) is 0.248. The molecule has 2 heterocycles. The summed E-state index contributed by atoms with van der Waals surface area (Å²) in [7, 11) is 0. The van der Waals surface area contributed by atoms with Crippen LogP contribution in [-0.2, 0) is 0 Å². The SMILES string of the molecule is c1ccc(-c2cc3ccc(-c4ccc5c(ccn5-c5ccccc5)c4)cc3n2-c2ccccc2)cc1. The van der Waals surface area contributed by atoms with Gasteiger partial charge in [-0.05, 0) is 71.3 Å². The van der Waals surface area contributed by atoms with Crippen LogP contribution in [0.15, 0.2) is 146 Å². The van der Waals surface area contributed by atoms with Crippen molar-refractivity contribution in [2.45, 2.75) is 0 Å². The summed E-state index contributed by atoms with van der Waals surface area (Å²) in [6, 6.07) is 49.8. The Morgan fingerprint density at radius 3 is 1.75 bits per heavy atom. The first-order valence-corrected chi connectivity index (χ1v) is 12.3. The lowest BCUT2D eigenvalue weighted by atomic mass is 10.0. The van der Waals surface area contributed by atoms with Gasteiger partial charge in [0.1, 0.15) is 0 Å². The van der Waals surface area contributed by atoms with E-state index in [0.29, 0.717) is 0 Å². The fraction of sp³-hybridized carbons (Fsp3) is 0. The maximum absolute atomic E-state index is 2.37. The van der Waals surface area contributed by atoms with E-state index in [2.05, 4.69) is 155 Å². The topological polar surface area (TPSA) is 9.86 Å². The molecule has 0 aliphatic carbocycles. The summed E-state index contributed by atoms with van der Waals surface area (Å²) in [6.07, 6.45) is 2.15. The number of para-hydroxylation sites is 2. The zero-order valence-electron chi connectivity index (χ0n) is 19.8. The van der Waals surface area contributed by atoms with Gasteiger partial charge in [-0.1, -0.05) is 84.9 Å². The highest BCUT2D eigenvalue weighted by Gasteiger charge is 2.14. The van der Waals surface area contributed by atoms with Crippen molar-refractivity contribution in [1.82, 2.24) is 9.13 Å². The first-order valence-electron chi connectivity index (χ1n) is 12.3. The fourth-order valence-electron chi connectivity index (χ4n) is 5.19. The van der Waals surface area contributed by atoms with Crippen LogP contribution in [0.3, 0.4) is 0 Å². The van der Waals surface area contributed by atoms with Gasteiger partial charge in [0.15, 0.2) is 0 Å². The van der Waals surface area contributed by atoms with Crippen LogP contribution in [0.1, 0.15) is 0 Å². The summed E-state index contributed by atoms with van der Waals surface area (Å²) in [5.74, 6) is 0. The minimum absolute atomic E-state index is 1.17. The predicted octanol–water partition coefficient (Wildman–Crippen LogP) is 8.91. The maximum Gasteiger partial charge on any atom is 0.0541 e. The van der Waals surface area contributed by atoms with E-state index >= 15 is 0 Å². The van der Waals surface area contributed by atoms with Crippen molar-refractivity contribution in [3.05, 3.63) is 146 Å². The third-order valence-corrected chi connectivity index (χ3v) is 6.95. The Bertz CT molecular complexity index is 1810. The van der Waals surface area contributed by atoms with Gasteiger partial charge in [-0.15, -0.1) is 0 Å². The van der Waals surface area contributed by atoms with Crippen molar-refractivity contribution >= 4 is 21.8 Å². The molecule has 0 amide bonds. The molecule has 2 aromatic heterocycles. The Kier molecular flexibility index (Phi) is 4.82. The third kappa shape index (κ3) is 3.43. The molecule has 0 fully saturated rings. The maximum atomic E-state index is 2.37. The average Bonchev–Trinajstić information content (AvgIpc) is 3.55. The third-order valence-electron chi connectivity index (χ3n) is 6.95. The lowest BCUT2D eigenvalue weighted by Gasteiger charge is -2.12. The molecule has 7 aromatic rings. The zero-order valence-corrected chi connectivity index (χ0v) is 19.8. The largest absolute Gasteiger partial charge is 0.317 e. The van der Waals surface area contributed by atoms with Gasteiger partial charge in [-0.3, -0.25) is 0 Å². The van der Waals surface area contributed by atoms with Gasteiger partial charge in [0.05, 0.1) is 16.7 Å². The number of aromatic nitrogens is 2. The molecule has 36 heavy (non-hydrogen) atoms. The molecule has 0 saturated heterocycles. The van der Waals surface area contributed by atoms with Crippen molar-refractivity contribution < 1.29 is 0 Å². The molecule has 0 bridgehead atoms. The van der Waals surface area contributed by atoms with E-state index in [9.17, 15) is 0 Å². The molecule has 0 spiro atoms. The molecule has 0 aliphatic rings. The Morgan fingerprint density at radius 2 is 1.00 bits per heavy atom. The van der Waals surface area contributed by atoms with E-state index in [0.717, 1.165) is 0 Å². The molecular weight excluding hydrogens is 436 g/mol. The highest BCUT2D eigenvalue weighted by molar-refractivity contribution is 5.94. The highest BCUT2D eigenvalue weighted by atomic mass is 15.0. The fourth-order valence-corrected chi connectivity index (χ4v) is 5.19. The number of nitrogens with zero attached hydrogens (tertiary/aromatic N) is 2. The normalized spacial score (nSPS) is 11.3. The van der Waals surface area contributed by atoms with E-state index in [1.807, 2.05) is 0 Å². The molecule has 0 N–H and O–H groups in total. The zero-order chi connectivity index (χ0) is 23.9. The molecule has 0 atom stereocenters. The minimum Gasteiger partial charge on any atom is -0.317 e. The van der Waals surface area contributed by atoms with Crippen molar-refractivity contribution in [2.75, 3.05) is 0 Å². The van der Waals surface area contributed by atoms with Gasteiger partial charge in [-0.25, -0.2) is 0 Å². The number of hydrogen-bond acceptors (Lipinski definition) is 0. The van der Waals surface area contributed by atoms with E-state index in [4.69, 9.17) is 0 Å². The molecule has 7 rings (SSSR count).